The van der Waals surface area contributed by atoms with Crippen molar-refractivity contribution in [2.75, 3.05) is 5.32 Å². The van der Waals surface area contributed by atoms with E-state index in [9.17, 15) is 19.3 Å². The Kier molecular flexibility index (Phi) is 5.71. The Morgan fingerprint density at radius 1 is 1.32 bits per heavy atom. The van der Waals surface area contributed by atoms with E-state index in [2.05, 4.69) is 31.9 Å². The van der Waals surface area contributed by atoms with E-state index >= 15 is 0 Å². The minimum absolute atomic E-state index is 0.136. The van der Waals surface area contributed by atoms with Gasteiger partial charge in [-0.05, 0) is 58.8 Å². The molecule has 0 fully saturated rings. The van der Waals surface area contributed by atoms with E-state index in [4.69, 9.17) is 12.2 Å². The monoisotopic (exact) mass is 464 g/mol. The number of hydrogen-bond acceptors (Lipinski definition) is 4. The van der Waals surface area contributed by atoms with Crippen LogP contribution >= 0.6 is 28.1 Å². The van der Waals surface area contributed by atoms with Crippen molar-refractivity contribution in [2.24, 2.45) is 0 Å². The molecule has 3 rings (SSSR count). The highest BCUT2D eigenvalue weighted by atomic mass is 79.9. The van der Waals surface area contributed by atoms with Crippen LogP contribution in [0.2, 0.25) is 0 Å². The molecule has 7 nitrogen and oxygen atoms in total. The molecule has 0 aliphatic carbocycles. The number of allylic oxidation sites excluding steroid dienone is 1. The molecule has 0 saturated heterocycles. The number of carbonyl (C=O) groups excluding carboxylic acids is 1. The zero-order valence-corrected chi connectivity index (χ0v) is 16.9. The average Bonchev–Trinajstić information content (AvgIpc) is 2.63. The summed E-state index contributed by atoms with van der Waals surface area (Å²) < 4.78 is 13.9. The van der Waals surface area contributed by atoms with Crippen molar-refractivity contribution < 1.29 is 14.1 Å². The van der Waals surface area contributed by atoms with E-state index in [0.29, 0.717) is 21.9 Å². The highest BCUT2D eigenvalue weighted by molar-refractivity contribution is 9.10. The third kappa shape index (κ3) is 4.18. The minimum Gasteiger partial charge on any atom is -0.351 e. The predicted octanol–water partition coefficient (Wildman–Crippen LogP) is 3.93. The lowest BCUT2D eigenvalue weighted by atomic mass is 9.95. The van der Waals surface area contributed by atoms with Crippen molar-refractivity contribution in [3.05, 3.63) is 79.7 Å². The summed E-state index contributed by atoms with van der Waals surface area (Å²) in [5, 5.41) is 19.8. The highest BCUT2D eigenvalue weighted by Gasteiger charge is 2.30. The van der Waals surface area contributed by atoms with E-state index in [-0.39, 0.29) is 15.8 Å². The van der Waals surface area contributed by atoms with Crippen LogP contribution in [0.4, 0.5) is 15.8 Å². The number of nitrogens with one attached hydrogen (secondary N) is 3. The van der Waals surface area contributed by atoms with Crippen LogP contribution in [0, 0.1) is 15.9 Å². The fraction of sp³-hybridized carbons (Fsp3) is 0.111. The number of nitro groups is 1. The van der Waals surface area contributed by atoms with Gasteiger partial charge in [-0.1, -0.05) is 12.1 Å². The lowest BCUT2D eigenvalue weighted by Gasteiger charge is -2.30. The lowest BCUT2D eigenvalue weighted by molar-refractivity contribution is -0.384. The van der Waals surface area contributed by atoms with Crippen LogP contribution in [0.25, 0.3) is 0 Å². The van der Waals surface area contributed by atoms with E-state index in [0.717, 1.165) is 0 Å². The van der Waals surface area contributed by atoms with Gasteiger partial charge in [-0.2, -0.15) is 0 Å². The van der Waals surface area contributed by atoms with E-state index in [1.807, 2.05) is 0 Å². The second kappa shape index (κ2) is 8.03. The number of nitro benzene ring substituents is 1. The van der Waals surface area contributed by atoms with Gasteiger partial charge in [0.15, 0.2) is 5.11 Å². The number of hydrogen-bond donors (Lipinski definition) is 3. The molecule has 1 heterocycles. The fourth-order valence-electron chi connectivity index (χ4n) is 2.83. The third-order valence-corrected chi connectivity index (χ3v) is 4.93. The standard InChI is InChI=1S/C18H14BrFN4O3S/c1-9-15(17(25)22-11-3-2-4-12(8-11)24(26)27)16(23-18(28)21-9)10-5-6-14(20)13(19)7-10/h2-8,16H,1H3,(H,22,25)(H2,21,23,28). The molecule has 0 radical (unpaired) electrons. The smallest absolute Gasteiger partial charge is 0.271 e. The molecule has 2 aromatic rings. The number of rotatable bonds is 4. The third-order valence-electron chi connectivity index (χ3n) is 4.11. The van der Waals surface area contributed by atoms with Gasteiger partial charge in [0.1, 0.15) is 5.82 Å². The van der Waals surface area contributed by atoms with Crippen LogP contribution in [0.1, 0.15) is 18.5 Å². The molecular formula is C18H14BrFN4O3S. The number of anilines is 1. The predicted molar refractivity (Wildman–Crippen MR) is 110 cm³/mol. The van der Waals surface area contributed by atoms with Gasteiger partial charge in [0, 0.05) is 23.5 Å². The number of carbonyl (C=O) groups is 1. The maximum absolute atomic E-state index is 13.6. The van der Waals surface area contributed by atoms with Gasteiger partial charge < -0.3 is 16.0 Å². The number of nitrogens with zero attached hydrogens (tertiary/aromatic N) is 1. The molecule has 10 heteroatoms. The van der Waals surface area contributed by atoms with Crippen molar-refractivity contribution in [2.45, 2.75) is 13.0 Å². The second-order valence-electron chi connectivity index (χ2n) is 6.01. The summed E-state index contributed by atoms with van der Waals surface area (Å²) >= 11 is 8.33. The topological polar surface area (TPSA) is 96.3 Å². The zero-order valence-electron chi connectivity index (χ0n) is 14.5. The van der Waals surface area contributed by atoms with Gasteiger partial charge >= 0.3 is 0 Å². The quantitative estimate of drug-likeness (QED) is 0.360. The molecule has 0 spiro atoms. The summed E-state index contributed by atoms with van der Waals surface area (Å²) in [6, 6.07) is 9.43. The first-order chi connectivity index (χ1) is 13.3. The number of halogens is 2. The Bertz CT molecular complexity index is 1030. The molecule has 144 valence electrons. The van der Waals surface area contributed by atoms with Crippen molar-refractivity contribution in [3.8, 4) is 0 Å². The first-order valence-corrected chi connectivity index (χ1v) is 9.25. The molecular weight excluding hydrogens is 451 g/mol. The number of thiocarbonyl (C=S) groups is 1. The maximum atomic E-state index is 13.6. The summed E-state index contributed by atoms with van der Waals surface area (Å²) in [5.74, 6) is -0.894. The van der Waals surface area contributed by atoms with Crippen LogP contribution < -0.4 is 16.0 Å². The molecule has 1 unspecified atom stereocenters. The Morgan fingerprint density at radius 2 is 2.07 bits per heavy atom. The van der Waals surface area contributed by atoms with Crippen LogP contribution in [0.15, 0.2) is 58.2 Å². The summed E-state index contributed by atoms with van der Waals surface area (Å²) in [6.07, 6.45) is 0. The summed E-state index contributed by atoms with van der Waals surface area (Å²) in [6.45, 7) is 1.70. The van der Waals surface area contributed by atoms with Gasteiger partial charge in [0.25, 0.3) is 11.6 Å². The Hall–Kier alpha value is -2.85. The Labute approximate surface area is 173 Å². The maximum Gasteiger partial charge on any atom is 0.271 e. The van der Waals surface area contributed by atoms with Crippen molar-refractivity contribution in [1.29, 1.82) is 0 Å². The summed E-state index contributed by atoms with van der Waals surface area (Å²) in [5.41, 5.74) is 1.63. The van der Waals surface area contributed by atoms with Gasteiger partial charge in [0.05, 0.1) is 21.0 Å². The second-order valence-corrected chi connectivity index (χ2v) is 7.27. The van der Waals surface area contributed by atoms with E-state index in [1.54, 1.807) is 25.1 Å². The molecule has 28 heavy (non-hydrogen) atoms. The average molecular weight is 465 g/mol. The molecule has 1 amide bonds. The van der Waals surface area contributed by atoms with Crippen LogP contribution in [0.3, 0.4) is 0 Å². The van der Waals surface area contributed by atoms with Crippen molar-refractivity contribution in [1.82, 2.24) is 10.6 Å². The first-order valence-electron chi connectivity index (χ1n) is 8.05. The van der Waals surface area contributed by atoms with Gasteiger partial charge in [-0.3, -0.25) is 14.9 Å². The van der Waals surface area contributed by atoms with Gasteiger partial charge in [0.2, 0.25) is 0 Å². The normalized spacial score (nSPS) is 16.2. The first kappa shape index (κ1) is 19.9. The molecule has 2 aromatic carbocycles. The molecule has 1 atom stereocenters. The molecule has 0 aromatic heterocycles. The van der Waals surface area contributed by atoms with Gasteiger partial charge in [-0.25, -0.2) is 4.39 Å². The van der Waals surface area contributed by atoms with Crippen molar-refractivity contribution in [3.63, 3.8) is 0 Å². The van der Waals surface area contributed by atoms with Crippen molar-refractivity contribution >= 4 is 50.5 Å². The Morgan fingerprint density at radius 3 is 2.75 bits per heavy atom. The van der Waals surface area contributed by atoms with Crippen LogP contribution in [0.5, 0.6) is 0 Å². The largest absolute Gasteiger partial charge is 0.351 e. The summed E-state index contributed by atoms with van der Waals surface area (Å²) in [4.78, 5) is 23.4. The molecule has 0 saturated carbocycles. The van der Waals surface area contributed by atoms with E-state index in [1.165, 1.54) is 24.3 Å². The van der Waals surface area contributed by atoms with E-state index < -0.39 is 22.7 Å². The fourth-order valence-corrected chi connectivity index (χ4v) is 3.50. The van der Waals surface area contributed by atoms with Crippen LogP contribution in [-0.4, -0.2) is 15.9 Å². The van der Waals surface area contributed by atoms with Gasteiger partial charge in [-0.15, -0.1) is 0 Å². The summed E-state index contributed by atoms with van der Waals surface area (Å²) in [7, 11) is 0. The SMILES string of the molecule is CC1=C(C(=O)Nc2cccc([N+](=O)[O-])c2)C(c2ccc(F)c(Br)c2)NC(=S)N1. The number of amides is 1. The molecule has 3 N–H and O–H groups in total. The Balaban J connectivity index is 1.96. The molecule has 1 aliphatic rings. The van der Waals surface area contributed by atoms with Crippen LogP contribution in [-0.2, 0) is 4.79 Å². The minimum atomic E-state index is -0.621. The number of benzene rings is 2. The highest BCUT2D eigenvalue weighted by Crippen LogP contribution is 2.30. The zero-order chi connectivity index (χ0) is 20.4. The number of non-ortho nitro benzene ring substituents is 1. The lowest BCUT2D eigenvalue weighted by Crippen LogP contribution is -2.45. The molecule has 0 bridgehead atoms. The molecule has 1 aliphatic heterocycles.